The van der Waals surface area contributed by atoms with Gasteiger partial charge < -0.3 is 11.1 Å². The molecule has 2 amide bonds. The molecule has 1 heterocycles. The molecule has 0 fully saturated rings. The Balaban J connectivity index is 2.36. The van der Waals surface area contributed by atoms with Crippen molar-refractivity contribution in [3.63, 3.8) is 0 Å². The number of amides is 2. The van der Waals surface area contributed by atoms with Crippen LogP contribution in [-0.2, 0) is 0 Å². The predicted molar refractivity (Wildman–Crippen MR) is 62.8 cm³/mol. The average molecular weight is 231 g/mol. The van der Waals surface area contributed by atoms with Crippen LogP contribution in [-0.4, -0.2) is 11.0 Å². The topological polar surface area (TPSA) is 68.0 Å². The van der Waals surface area contributed by atoms with Gasteiger partial charge in [0.15, 0.2) is 0 Å². The van der Waals surface area contributed by atoms with Crippen LogP contribution in [0.3, 0.4) is 0 Å². The Hall–Kier alpha value is -2.43. The first-order valence-electron chi connectivity index (χ1n) is 4.93. The minimum Gasteiger partial charge on any atom is -0.351 e. The summed E-state index contributed by atoms with van der Waals surface area (Å²) in [7, 11) is 0. The summed E-state index contributed by atoms with van der Waals surface area (Å²) in [5, 5.41) is 2.46. The zero-order valence-electron chi connectivity index (χ0n) is 8.85. The van der Waals surface area contributed by atoms with Crippen molar-refractivity contribution in [2.45, 2.75) is 0 Å². The summed E-state index contributed by atoms with van der Waals surface area (Å²) in [4.78, 5) is 14.2. The molecule has 1 aromatic heterocycles. The van der Waals surface area contributed by atoms with E-state index >= 15 is 0 Å². The minimum absolute atomic E-state index is 0.546. The van der Waals surface area contributed by atoms with Crippen LogP contribution < -0.4 is 11.1 Å². The van der Waals surface area contributed by atoms with Gasteiger partial charge in [-0.05, 0) is 29.3 Å². The van der Waals surface area contributed by atoms with Crippen LogP contribution in [0.1, 0.15) is 0 Å². The first kappa shape index (κ1) is 11.1. The van der Waals surface area contributed by atoms with Crippen molar-refractivity contribution in [1.29, 1.82) is 0 Å². The third kappa shape index (κ3) is 2.78. The number of carbonyl (C=O) groups is 1. The predicted octanol–water partition coefficient (Wildman–Crippen LogP) is 2.38. The highest BCUT2D eigenvalue weighted by molar-refractivity contribution is 5.88. The van der Waals surface area contributed by atoms with Gasteiger partial charge in [-0.1, -0.05) is 12.1 Å². The van der Waals surface area contributed by atoms with Crippen LogP contribution in [0, 0.1) is 5.95 Å². The number of hydrogen-bond donors (Lipinski definition) is 2. The van der Waals surface area contributed by atoms with Crippen LogP contribution in [0.25, 0.3) is 11.1 Å². The van der Waals surface area contributed by atoms with Crippen molar-refractivity contribution in [2.24, 2.45) is 5.73 Å². The molecule has 0 aliphatic carbocycles. The molecule has 4 nitrogen and oxygen atoms in total. The number of nitrogens with two attached hydrogens (primary N) is 1. The number of urea groups is 1. The maximum Gasteiger partial charge on any atom is 0.316 e. The van der Waals surface area contributed by atoms with Gasteiger partial charge >= 0.3 is 6.03 Å². The molecule has 5 heteroatoms. The highest BCUT2D eigenvalue weighted by atomic mass is 19.1. The lowest BCUT2D eigenvalue weighted by molar-refractivity contribution is 0.259. The molecule has 17 heavy (non-hydrogen) atoms. The molecule has 0 aliphatic rings. The Morgan fingerprint density at radius 1 is 1.24 bits per heavy atom. The lowest BCUT2D eigenvalue weighted by atomic mass is 10.1. The van der Waals surface area contributed by atoms with E-state index in [1.54, 1.807) is 30.3 Å². The summed E-state index contributed by atoms with van der Waals surface area (Å²) < 4.78 is 13.0. The molecule has 0 aliphatic heterocycles. The maximum absolute atomic E-state index is 13.0. The van der Waals surface area contributed by atoms with Gasteiger partial charge in [-0.3, -0.25) is 0 Å². The molecular weight excluding hydrogens is 221 g/mol. The standard InChI is InChI=1S/C12H10FN3O/c13-11-7-9(4-5-15-11)8-2-1-3-10(6-8)16-12(14)17/h1-7H,(H3,14,16,17). The molecule has 3 N–H and O–H groups in total. The molecule has 86 valence electrons. The largest absolute Gasteiger partial charge is 0.351 e. The Bertz CT molecular complexity index is 557. The quantitative estimate of drug-likeness (QED) is 0.779. The molecule has 0 spiro atoms. The highest BCUT2D eigenvalue weighted by Gasteiger charge is 2.02. The van der Waals surface area contributed by atoms with Gasteiger partial charge in [-0.2, -0.15) is 4.39 Å². The summed E-state index contributed by atoms with van der Waals surface area (Å²) in [6.45, 7) is 0. The molecule has 0 bridgehead atoms. The molecule has 0 saturated heterocycles. The second-order valence-corrected chi connectivity index (χ2v) is 3.44. The van der Waals surface area contributed by atoms with E-state index in [0.29, 0.717) is 11.3 Å². The minimum atomic E-state index is -0.636. The SMILES string of the molecule is NC(=O)Nc1cccc(-c2ccnc(F)c2)c1. The van der Waals surface area contributed by atoms with E-state index in [1.165, 1.54) is 12.3 Å². The number of anilines is 1. The third-order valence-corrected chi connectivity index (χ3v) is 2.19. The van der Waals surface area contributed by atoms with E-state index in [0.717, 1.165) is 5.56 Å². The second-order valence-electron chi connectivity index (χ2n) is 3.44. The first-order valence-corrected chi connectivity index (χ1v) is 4.93. The Kier molecular flexibility index (Phi) is 3.00. The van der Waals surface area contributed by atoms with E-state index in [4.69, 9.17) is 5.73 Å². The Morgan fingerprint density at radius 2 is 2.00 bits per heavy atom. The fourth-order valence-electron chi connectivity index (χ4n) is 1.50. The Morgan fingerprint density at radius 3 is 2.71 bits per heavy atom. The van der Waals surface area contributed by atoms with E-state index in [1.807, 2.05) is 0 Å². The smallest absolute Gasteiger partial charge is 0.316 e. The molecule has 2 aromatic rings. The number of rotatable bonds is 2. The van der Waals surface area contributed by atoms with Crippen molar-refractivity contribution in [3.8, 4) is 11.1 Å². The number of halogens is 1. The highest BCUT2D eigenvalue weighted by Crippen LogP contribution is 2.22. The normalized spacial score (nSPS) is 9.94. The van der Waals surface area contributed by atoms with Crippen molar-refractivity contribution < 1.29 is 9.18 Å². The third-order valence-electron chi connectivity index (χ3n) is 2.19. The monoisotopic (exact) mass is 231 g/mol. The van der Waals surface area contributed by atoms with Crippen molar-refractivity contribution in [1.82, 2.24) is 4.98 Å². The van der Waals surface area contributed by atoms with Crippen LogP contribution in [0.2, 0.25) is 0 Å². The molecule has 0 atom stereocenters. The van der Waals surface area contributed by atoms with Gasteiger partial charge in [-0.25, -0.2) is 9.78 Å². The van der Waals surface area contributed by atoms with Gasteiger partial charge in [0.2, 0.25) is 5.95 Å². The number of nitrogens with one attached hydrogen (secondary N) is 1. The number of carbonyl (C=O) groups excluding carboxylic acids is 1. The van der Waals surface area contributed by atoms with Crippen LogP contribution in [0.15, 0.2) is 42.6 Å². The Labute approximate surface area is 97.3 Å². The molecule has 0 radical (unpaired) electrons. The average Bonchev–Trinajstić information content (AvgIpc) is 2.28. The number of hydrogen-bond acceptors (Lipinski definition) is 2. The van der Waals surface area contributed by atoms with Crippen LogP contribution >= 0.6 is 0 Å². The van der Waals surface area contributed by atoms with Crippen LogP contribution in [0.5, 0.6) is 0 Å². The van der Waals surface area contributed by atoms with Crippen molar-refractivity contribution in [3.05, 3.63) is 48.5 Å². The fourth-order valence-corrected chi connectivity index (χ4v) is 1.50. The van der Waals surface area contributed by atoms with E-state index < -0.39 is 12.0 Å². The lowest BCUT2D eigenvalue weighted by Crippen LogP contribution is -2.19. The second kappa shape index (κ2) is 4.61. The van der Waals surface area contributed by atoms with Gasteiger partial charge in [0, 0.05) is 18.0 Å². The van der Waals surface area contributed by atoms with Gasteiger partial charge in [0.05, 0.1) is 0 Å². The van der Waals surface area contributed by atoms with Gasteiger partial charge in [0.25, 0.3) is 0 Å². The van der Waals surface area contributed by atoms with Gasteiger partial charge in [0.1, 0.15) is 0 Å². The number of pyridine rings is 1. The number of nitrogens with zero attached hydrogens (tertiary/aromatic N) is 1. The molecule has 0 unspecified atom stereocenters. The summed E-state index contributed by atoms with van der Waals surface area (Å²) >= 11 is 0. The first-order chi connectivity index (χ1) is 8.15. The fraction of sp³-hybridized carbons (Fsp3) is 0. The summed E-state index contributed by atoms with van der Waals surface area (Å²) in [6.07, 6.45) is 1.39. The summed E-state index contributed by atoms with van der Waals surface area (Å²) in [6, 6.07) is 9.34. The number of benzene rings is 1. The number of aromatic nitrogens is 1. The van der Waals surface area contributed by atoms with Crippen LogP contribution in [0.4, 0.5) is 14.9 Å². The van der Waals surface area contributed by atoms with E-state index in [-0.39, 0.29) is 0 Å². The van der Waals surface area contributed by atoms with Gasteiger partial charge in [-0.15, -0.1) is 0 Å². The molecule has 0 saturated carbocycles. The lowest BCUT2D eigenvalue weighted by Gasteiger charge is -2.05. The summed E-state index contributed by atoms with van der Waals surface area (Å²) in [5.74, 6) is -0.546. The van der Waals surface area contributed by atoms with E-state index in [2.05, 4.69) is 10.3 Å². The summed E-state index contributed by atoms with van der Waals surface area (Å²) in [5.41, 5.74) is 7.04. The van der Waals surface area contributed by atoms with Crippen molar-refractivity contribution >= 4 is 11.7 Å². The molecule has 1 aromatic carbocycles. The van der Waals surface area contributed by atoms with Crippen molar-refractivity contribution in [2.75, 3.05) is 5.32 Å². The zero-order valence-corrected chi connectivity index (χ0v) is 8.85. The maximum atomic E-state index is 13.0. The molecular formula is C12H10FN3O. The van der Waals surface area contributed by atoms with E-state index in [9.17, 15) is 9.18 Å². The zero-order chi connectivity index (χ0) is 12.3. The number of primary amides is 1. The molecule has 2 rings (SSSR count).